The van der Waals surface area contributed by atoms with Gasteiger partial charge in [0.1, 0.15) is 10.7 Å². The third-order valence-corrected chi connectivity index (χ3v) is 6.90. The fraction of sp³-hybridized carbons (Fsp3) is 0.211. The largest absolute Gasteiger partial charge is 0.306 e. The summed E-state index contributed by atoms with van der Waals surface area (Å²) in [5.41, 5.74) is 3.27. The zero-order valence-electron chi connectivity index (χ0n) is 13.9. The van der Waals surface area contributed by atoms with Crippen molar-refractivity contribution in [3.8, 4) is 11.4 Å². The molecule has 0 unspecified atom stereocenters. The number of hydrogen-bond donors (Lipinski definition) is 1. The molecule has 5 rings (SSSR count). The fourth-order valence-corrected chi connectivity index (χ4v) is 5.67. The Morgan fingerprint density at radius 2 is 2.12 bits per heavy atom. The Morgan fingerprint density at radius 1 is 1.23 bits per heavy atom. The molecule has 130 valence electrons. The van der Waals surface area contributed by atoms with Crippen LogP contribution in [-0.4, -0.2) is 25.5 Å². The van der Waals surface area contributed by atoms with Crippen LogP contribution in [0.25, 0.3) is 21.6 Å². The van der Waals surface area contributed by atoms with Gasteiger partial charge in [-0.1, -0.05) is 24.3 Å². The number of fused-ring (bicyclic) bond motifs is 3. The summed E-state index contributed by atoms with van der Waals surface area (Å²) in [6, 6.07) is 10.0. The summed E-state index contributed by atoms with van der Waals surface area (Å²) >= 11 is 3.59. The first kappa shape index (κ1) is 15.8. The van der Waals surface area contributed by atoms with E-state index in [1.54, 1.807) is 17.5 Å². The number of thiophene rings is 1. The van der Waals surface area contributed by atoms with E-state index in [4.69, 9.17) is 4.98 Å². The van der Waals surface area contributed by atoms with E-state index in [1.807, 2.05) is 40.8 Å². The lowest BCUT2D eigenvalue weighted by atomic mass is 10.1. The summed E-state index contributed by atoms with van der Waals surface area (Å²) in [5.74, 6) is 2.71. The highest BCUT2D eigenvalue weighted by molar-refractivity contribution is 7.98. The number of nitrogens with one attached hydrogen (secondary N) is 1. The van der Waals surface area contributed by atoms with Crippen molar-refractivity contribution in [2.45, 2.75) is 18.7 Å². The zero-order chi connectivity index (χ0) is 17.5. The number of aromatic nitrogens is 4. The maximum atomic E-state index is 12.7. The van der Waals surface area contributed by atoms with E-state index in [0.29, 0.717) is 5.82 Å². The summed E-state index contributed by atoms with van der Waals surface area (Å²) in [7, 11) is 0. The standard InChI is InChI=1S/C19H16N4OS2/c24-18-16-14-6-9-25-11-15(14)26-19(16)22-17(21-18)13-4-2-12(3-5-13)10-23-8-1-7-20-23/h1-5,7-8H,6,9-11H2,(H,21,22,24). The minimum Gasteiger partial charge on any atom is -0.306 e. The van der Waals surface area contributed by atoms with E-state index >= 15 is 0 Å². The molecule has 0 spiro atoms. The van der Waals surface area contributed by atoms with Crippen molar-refractivity contribution in [3.63, 3.8) is 0 Å². The monoisotopic (exact) mass is 380 g/mol. The van der Waals surface area contributed by atoms with Crippen molar-refractivity contribution in [3.05, 3.63) is 69.1 Å². The van der Waals surface area contributed by atoms with Crippen molar-refractivity contribution in [2.24, 2.45) is 0 Å². The summed E-state index contributed by atoms with van der Waals surface area (Å²) in [6.07, 6.45) is 4.68. The second kappa shape index (κ2) is 6.41. The Bertz CT molecular complexity index is 1130. The minimum atomic E-state index is -0.0185. The van der Waals surface area contributed by atoms with Crippen molar-refractivity contribution in [1.82, 2.24) is 19.7 Å². The molecule has 0 saturated carbocycles. The molecule has 1 N–H and O–H groups in total. The van der Waals surface area contributed by atoms with Crippen LogP contribution in [0, 0.1) is 0 Å². The third-order valence-electron chi connectivity index (χ3n) is 4.61. The lowest BCUT2D eigenvalue weighted by Crippen LogP contribution is -2.11. The second-order valence-corrected chi connectivity index (χ2v) is 8.49. The van der Waals surface area contributed by atoms with Gasteiger partial charge in [-0.15, -0.1) is 11.3 Å². The molecule has 26 heavy (non-hydrogen) atoms. The number of aryl methyl sites for hydroxylation is 1. The number of benzene rings is 1. The van der Waals surface area contributed by atoms with Gasteiger partial charge in [-0.3, -0.25) is 9.48 Å². The lowest BCUT2D eigenvalue weighted by molar-refractivity contribution is 0.687. The highest BCUT2D eigenvalue weighted by Crippen LogP contribution is 2.35. The molecule has 0 bridgehead atoms. The molecule has 4 aromatic rings. The number of H-pyrrole nitrogens is 1. The minimum absolute atomic E-state index is 0.0185. The van der Waals surface area contributed by atoms with E-state index in [-0.39, 0.29) is 5.56 Å². The van der Waals surface area contributed by atoms with E-state index in [9.17, 15) is 4.79 Å². The number of rotatable bonds is 3. The van der Waals surface area contributed by atoms with E-state index < -0.39 is 0 Å². The average Bonchev–Trinajstić information content (AvgIpc) is 3.29. The van der Waals surface area contributed by atoms with Gasteiger partial charge in [0.15, 0.2) is 0 Å². The van der Waals surface area contributed by atoms with Crippen molar-refractivity contribution in [2.75, 3.05) is 5.75 Å². The van der Waals surface area contributed by atoms with Gasteiger partial charge in [0.2, 0.25) is 0 Å². The Labute approximate surface area is 158 Å². The zero-order valence-corrected chi connectivity index (χ0v) is 15.6. The van der Waals surface area contributed by atoms with Gasteiger partial charge in [0, 0.05) is 28.6 Å². The van der Waals surface area contributed by atoms with Crippen molar-refractivity contribution in [1.29, 1.82) is 0 Å². The fourth-order valence-electron chi connectivity index (χ4n) is 3.32. The Balaban J connectivity index is 1.51. The van der Waals surface area contributed by atoms with Crippen LogP contribution in [0.3, 0.4) is 0 Å². The maximum absolute atomic E-state index is 12.7. The highest BCUT2D eigenvalue weighted by Gasteiger charge is 2.20. The quantitative estimate of drug-likeness (QED) is 0.589. The van der Waals surface area contributed by atoms with Crippen LogP contribution in [0.15, 0.2) is 47.5 Å². The Morgan fingerprint density at radius 3 is 2.92 bits per heavy atom. The molecule has 0 atom stereocenters. The van der Waals surface area contributed by atoms with Crippen LogP contribution in [-0.2, 0) is 18.7 Å². The van der Waals surface area contributed by atoms with Crippen LogP contribution < -0.4 is 5.56 Å². The Hall–Kier alpha value is -2.38. The third kappa shape index (κ3) is 2.77. The molecule has 0 amide bonds. The molecular weight excluding hydrogens is 364 g/mol. The number of hydrogen-bond acceptors (Lipinski definition) is 5. The van der Waals surface area contributed by atoms with Gasteiger partial charge in [0.05, 0.1) is 11.9 Å². The molecule has 1 aromatic carbocycles. The normalized spacial score (nSPS) is 13.8. The molecule has 7 heteroatoms. The molecule has 4 heterocycles. The molecule has 0 radical (unpaired) electrons. The van der Waals surface area contributed by atoms with Crippen LogP contribution >= 0.6 is 23.1 Å². The van der Waals surface area contributed by atoms with Crippen LogP contribution in [0.4, 0.5) is 0 Å². The molecular formula is C19H16N4OS2. The topological polar surface area (TPSA) is 63.6 Å². The number of thioether (sulfide) groups is 1. The van der Waals surface area contributed by atoms with Gasteiger partial charge >= 0.3 is 0 Å². The van der Waals surface area contributed by atoms with E-state index in [1.165, 1.54) is 10.4 Å². The second-order valence-electron chi connectivity index (χ2n) is 6.30. The SMILES string of the molecule is O=c1[nH]c(-c2ccc(Cn3cccn3)cc2)nc2sc3c(c12)CCSC3. The van der Waals surface area contributed by atoms with Gasteiger partial charge in [-0.25, -0.2) is 4.98 Å². The maximum Gasteiger partial charge on any atom is 0.260 e. The van der Waals surface area contributed by atoms with Gasteiger partial charge < -0.3 is 4.98 Å². The summed E-state index contributed by atoms with van der Waals surface area (Å²) < 4.78 is 1.88. The summed E-state index contributed by atoms with van der Waals surface area (Å²) in [4.78, 5) is 22.6. The van der Waals surface area contributed by atoms with Crippen molar-refractivity contribution >= 4 is 33.3 Å². The van der Waals surface area contributed by atoms with E-state index in [0.717, 1.165) is 45.8 Å². The molecule has 0 fully saturated rings. The number of aromatic amines is 1. The number of nitrogens with zero attached hydrogens (tertiary/aromatic N) is 3. The van der Waals surface area contributed by atoms with Crippen LogP contribution in [0.2, 0.25) is 0 Å². The van der Waals surface area contributed by atoms with Gasteiger partial charge in [-0.2, -0.15) is 16.9 Å². The lowest BCUT2D eigenvalue weighted by Gasteiger charge is -2.09. The van der Waals surface area contributed by atoms with Gasteiger partial charge in [0.25, 0.3) is 5.56 Å². The molecule has 1 aliphatic heterocycles. The van der Waals surface area contributed by atoms with Crippen LogP contribution in [0.5, 0.6) is 0 Å². The summed E-state index contributed by atoms with van der Waals surface area (Å²) in [5, 5.41) is 5.02. The summed E-state index contributed by atoms with van der Waals surface area (Å²) in [6.45, 7) is 0.728. The van der Waals surface area contributed by atoms with E-state index in [2.05, 4.69) is 22.2 Å². The van der Waals surface area contributed by atoms with Gasteiger partial charge in [-0.05, 0) is 29.4 Å². The molecule has 1 aliphatic rings. The first-order valence-corrected chi connectivity index (χ1v) is 10.4. The highest BCUT2D eigenvalue weighted by atomic mass is 32.2. The molecule has 0 saturated heterocycles. The smallest absolute Gasteiger partial charge is 0.260 e. The van der Waals surface area contributed by atoms with Crippen LogP contribution in [0.1, 0.15) is 16.0 Å². The Kier molecular flexibility index (Phi) is 3.90. The molecule has 5 nitrogen and oxygen atoms in total. The average molecular weight is 380 g/mol. The predicted molar refractivity (Wildman–Crippen MR) is 107 cm³/mol. The first-order chi connectivity index (χ1) is 12.8. The predicted octanol–water partition coefficient (Wildman–Crippen LogP) is 3.69. The van der Waals surface area contributed by atoms with Crippen molar-refractivity contribution < 1.29 is 0 Å². The molecule has 0 aliphatic carbocycles. The first-order valence-electron chi connectivity index (χ1n) is 8.47. The molecule has 3 aromatic heterocycles.